The number of likely N-dealkylation sites (N-methyl/N-ethyl adjacent to an activating group) is 1. The molecule has 0 unspecified atom stereocenters. The highest BCUT2D eigenvalue weighted by Gasteiger charge is 2.23. The third kappa shape index (κ3) is 3.72. The van der Waals surface area contributed by atoms with E-state index in [2.05, 4.69) is 9.88 Å². The molecule has 2 heterocycles. The van der Waals surface area contributed by atoms with E-state index in [9.17, 15) is 12.8 Å². The van der Waals surface area contributed by atoms with E-state index in [1.165, 1.54) is 11.4 Å². The van der Waals surface area contributed by atoms with Crippen molar-refractivity contribution in [1.82, 2.24) is 14.2 Å². The highest BCUT2D eigenvalue weighted by Crippen LogP contribution is 2.12. The molecule has 1 aromatic heterocycles. The fourth-order valence-electron chi connectivity index (χ4n) is 1.91. The molecule has 0 amide bonds. The number of sulfonamides is 1. The Kier molecular flexibility index (Phi) is 5.03. The van der Waals surface area contributed by atoms with Crippen molar-refractivity contribution in [1.29, 1.82) is 0 Å². The highest BCUT2D eigenvalue weighted by atomic mass is 32.2. The largest absolute Gasteiger partial charge is 0.379 e. The van der Waals surface area contributed by atoms with Gasteiger partial charge in [-0.1, -0.05) is 0 Å². The molecule has 8 heteroatoms. The monoisotopic (exact) mass is 303 g/mol. The van der Waals surface area contributed by atoms with Crippen LogP contribution in [0.15, 0.2) is 23.4 Å². The molecule has 2 rings (SSSR count). The van der Waals surface area contributed by atoms with Crippen molar-refractivity contribution < 1.29 is 17.5 Å². The van der Waals surface area contributed by atoms with Gasteiger partial charge >= 0.3 is 0 Å². The van der Waals surface area contributed by atoms with E-state index >= 15 is 0 Å². The summed E-state index contributed by atoms with van der Waals surface area (Å²) in [6, 6.07) is 2.05. The number of nitrogens with zero attached hydrogens (tertiary/aromatic N) is 3. The van der Waals surface area contributed by atoms with Gasteiger partial charge in [-0.3, -0.25) is 4.90 Å². The Morgan fingerprint density at radius 3 is 2.80 bits per heavy atom. The van der Waals surface area contributed by atoms with Gasteiger partial charge in [0.15, 0.2) is 5.03 Å². The summed E-state index contributed by atoms with van der Waals surface area (Å²) in [7, 11) is -2.26. The van der Waals surface area contributed by atoms with E-state index in [1.54, 1.807) is 0 Å². The van der Waals surface area contributed by atoms with E-state index < -0.39 is 15.8 Å². The topological polar surface area (TPSA) is 62.7 Å². The normalized spacial score (nSPS) is 17.6. The molecule has 0 spiro atoms. The quantitative estimate of drug-likeness (QED) is 0.776. The lowest BCUT2D eigenvalue weighted by Gasteiger charge is -2.28. The third-order valence-corrected chi connectivity index (χ3v) is 4.96. The van der Waals surface area contributed by atoms with Crippen LogP contribution in [0.4, 0.5) is 4.39 Å². The van der Waals surface area contributed by atoms with Gasteiger partial charge < -0.3 is 4.74 Å². The zero-order valence-corrected chi connectivity index (χ0v) is 12.1. The Labute approximate surface area is 118 Å². The molecule has 6 nitrogen and oxygen atoms in total. The van der Waals surface area contributed by atoms with Crippen LogP contribution in [-0.4, -0.2) is 69.0 Å². The summed E-state index contributed by atoms with van der Waals surface area (Å²) in [4.78, 5) is 5.86. The first-order chi connectivity index (χ1) is 9.50. The van der Waals surface area contributed by atoms with Gasteiger partial charge in [0.25, 0.3) is 10.0 Å². The van der Waals surface area contributed by atoms with E-state index in [-0.39, 0.29) is 5.03 Å². The van der Waals surface area contributed by atoms with Gasteiger partial charge in [-0.2, -0.15) is 4.31 Å². The molecule has 0 aromatic carbocycles. The molecule has 0 N–H and O–H groups in total. The van der Waals surface area contributed by atoms with Crippen LogP contribution in [0.2, 0.25) is 0 Å². The van der Waals surface area contributed by atoms with E-state index in [0.29, 0.717) is 26.3 Å². The minimum absolute atomic E-state index is 0.262. The maximum atomic E-state index is 13.1. The Morgan fingerprint density at radius 2 is 2.15 bits per heavy atom. The van der Waals surface area contributed by atoms with Crippen LogP contribution in [0.25, 0.3) is 0 Å². The molecular weight excluding hydrogens is 285 g/mol. The fraction of sp³-hybridized carbons (Fsp3) is 0.583. The van der Waals surface area contributed by atoms with Crippen molar-refractivity contribution in [2.45, 2.75) is 5.03 Å². The van der Waals surface area contributed by atoms with E-state index in [4.69, 9.17) is 4.74 Å². The average Bonchev–Trinajstić information content (AvgIpc) is 2.45. The summed E-state index contributed by atoms with van der Waals surface area (Å²) in [6.07, 6.45) is 1.15. The molecule has 20 heavy (non-hydrogen) atoms. The standard InChI is InChI=1S/C12H18FN3O3S/c1-15(4-5-16-6-8-19-9-7-16)20(17,18)12-10-11(13)2-3-14-12/h2-3,10H,4-9H2,1H3. The number of hydrogen-bond acceptors (Lipinski definition) is 5. The minimum atomic E-state index is -3.74. The van der Waals surface area contributed by atoms with Crippen LogP contribution in [0.3, 0.4) is 0 Å². The van der Waals surface area contributed by atoms with E-state index in [1.807, 2.05) is 0 Å². The minimum Gasteiger partial charge on any atom is -0.379 e. The smallest absolute Gasteiger partial charge is 0.260 e. The van der Waals surface area contributed by atoms with Gasteiger partial charge in [0, 0.05) is 45.5 Å². The second kappa shape index (κ2) is 6.57. The predicted octanol–water partition coefficient (Wildman–Crippen LogP) is 0.173. The van der Waals surface area contributed by atoms with Gasteiger partial charge in [-0.05, 0) is 6.07 Å². The summed E-state index contributed by atoms with van der Waals surface area (Å²) in [6.45, 7) is 3.89. The lowest BCUT2D eigenvalue weighted by molar-refractivity contribution is 0.0368. The number of hydrogen-bond donors (Lipinski definition) is 0. The van der Waals surface area contributed by atoms with Crippen molar-refractivity contribution in [3.05, 3.63) is 24.1 Å². The molecule has 0 aliphatic carbocycles. The first kappa shape index (κ1) is 15.3. The number of halogens is 1. The molecule has 1 fully saturated rings. The van der Waals surface area contributed by atoms with Gasteiger partial charge in [-0.15, -0.1) is 0 Å². The number of pyridine rings is 1. The first-order valence-corrected chi connectivity index (χ1v) is 7.82. The molecular formula is C12H18FN3O3S. The summed E-state index contributed by atoms with van der Waals surface area (Å²) >= 11 is 0. The van der Waals surface area contributed by atoms with E-state index in [0.717, 1.165) is 31.4 Å². The second-order valence-corrected chi connectivity index (χ2v) is 6.58. The lowest BCUT2D eigenvalue weighted by Crippen LogP contribution is -2.42. The first-order valence-electron chi connectivity index (χ1n) is 6.38. The van der Waals surface area contributed by atoms with Gasteiger partial charge in [0.1, 0.15) is 5.82 Å². The summed E-state index contributed by atoms with van der Waals surface area (Å²) in [5.74, 6) is -0.611. The van der Waals surface area contributed by atoms with Crippen molar-refractivity contribution in [3.8, 4) is 0 Å². The molecule has 1 saturated heterocycles. The average molecular weight is 303 g/mol. The summed E-state index contributed by atoms with van der Waals surface area (Å²) in [5, 5.41) is -0.262. The number of rotatable bonds is 5. The molecule has 1 aliphatic rings. The molecule has 0 radical (unpaired) electrons. The third-order valence-electron chi connectivity index (χ3n) is 3.21. The number of ether oxygens (including phenoxy) is 1. The van der Waals surface area contributed by atoms with Crippen LogP contribution in [0.1, 0.15) is 0 Å². The number of aromatic nitrogens is 1. The zero-order valence-electron chi connectivity index (χ0n) is 11.3. The fourth-order valence-corrected chi connectivity index (χ4v) is 3.01. The van der Waals surface area contributed by atoms with Crippen LogP contribution >= 0.6 is 0 Å². The van der Waals surface area contributed by atoms with Crippen LogP contribution in [0, 0.1) is 5.82 Å². The van der Waals surface area contributed by atoms with Crippen LogP contribution in [0.5, 0.6) is 0 Å². The van der Waals surface area contributed by atoms with Gasteiger partial charge in [-0.25, -0.2) is 17.8 Å². The molecule has 1 aromatic rings. The Morgan fingerprint density at radius 1 is 1.45 bits per heavy atom. The summed E-state index contributed by atoms with van der Waals surface area (Å²) in [5.41, 5.74) is 0. The number of morpholine rings is 1. The SMILES string of the molecule is CN(CCN1CCOCC1)S(=O)(=O)c1cc(F)ccn1. The Balaban J connectivity index is 1.98. The van der Waals surface area contributed by atoms with Crippen molar-refractivity contribution in [3.63, 3.8) is 0 Å². The van der Waals surface area contributed by atoms with Crippen LogP contribution < -0.4 is 0 Å². The van der Waals surface area contributed by atoms with Gasteiger partial charge in [0.2, 0.25) is 0 Å². The molecule has 1 aliphatic heterocycles. The molecule has 0 saturated carbocycles. The zero-order chi connectivity index (χ0) is 14.6. The Bertz CT molecular complexity index is 547. The summed E-state index contributed by atoms with van der Waals surface area (Å²) < 4.78 is 43.9. The highest BCUT2D eigenvalue weighted by molar-refractivity contribution is 7.89. The second-order valence-electron chi connectivity index (χ2n) is 4.59. The van der Waals surface area contributed by atoms with Crippen molar-refractivity contribution in [2.24, 2.45) is 0 Å². The lowest BCUT2D eigenvalue weighted by atomic mass is 10.4. The Hall–Kier alpha value is -1.09. The van der Waals surface area contributed by atoms with Crippen LogP contribution in [-0.2, 0) is 14.8 Å². The molecule has 112 valence electrons. The van der Waals surface area contributed by atoms with Crippen molar-refractivity contribution >= 4 is 10.0 Å². The molecule has 0 atom stereocenters. The predicted molar refractivity (Wildman–Crippen MR) is 71.3 cm³/mol. The maximum Gasteiger partial charge on any atom is 0.260 e. The molecule has 0 bridgehead atoms. The van der Waals surface area contributed by atoms with Gasteiger partial charge in [0.05, 0.1) is 13.2 Å². The van der Waals surface area contributed by atoms with Crippen molar-refractivity contribution in [2.75, 3.05) is 46.4 Å². The maximum absolute atomic E-state index is 13.1.